The molecule has 1 heterocycles. The Bertz CT molecular complexity index is 466. The quantitative estimate of drug-likeness (QED) is 0.674. The second kappa shape index (κ2) is 4.92. The number of nitrogens with one attached hydrogen (secondary N) is 2. The van der Waals surface area contributed by atoms with Crippen LogP contribution >= 0.6 is 0 Å². The number of nitrogens with zero attached hydrogens (tertiary/aromatic N) is 1. The van der Waals surface area contributed by atoms with Gasteiger partial charge in [-0.05, 0) is 6.42 Å². The van der Waals surface area contributed by atoms with Gasteiger partial charge in [-0.15, -0.1) is 0 Å². The highest BCUT2D eigenvalue weighted by Gasteiger charge is 2.02. The van der Waals surface area contributed by atoms with E-state index in [0.717, 1.165) is 0 Å². The zero-order valence-corrected chi connectivity index (χ0v) is 9.17. The molecule has 1 aromatic rings. The minimum absolute atomic E-state index is 0.102. The molecular formula is C8H13N3O3S. The van der Waals surface area contributed by atoms with Crippen molar-refractivity contribution in [1.82, 2.24) is 9.97 Å². The largest absolute Gasteiger partial charge is 0.365 e. The minimum atomic E-state index is -2.94. The van der Waals surface area contributed by atoms with Gasteiger partial charge in [0, 0.05) is 25.2 Å². The van der Waals surface area contributed by atoms with Crippen molar-refractivity contribution in [2.24, 2.45) is 0 Å². The minimum Gasteiger partial charge on any atom is -0.365 e. The van der Waals surface area contributed by atoms with Crippen LogP contribution in [0.25, 0.3) is 0 Å². The SMILES string of the molecule is CS(=O)(=O)CCCNc1ncc[nH]c1=O. The highest BCUT2D eigenvalue weighted by Crippen LogP contribution is 1.93. The van der Waals surface area contributed by atoms with Crippen molar-refractivity contribution in [3.8, 4) is 0 Å². The molecule has 15 heavy (non-hydrogen) atoms. The Balaban J connectivity index is 2.39. The lowest BCUT2D eigenvalue weighted by Gasteiger charge is -2.02. The smallest absolute Gasteiger partial charge is 0.290 e. The molecule has 0 aliphatic heterocycles. The third-order valence-corrected chi connectivity index (χ3v) is 2.72. The van der Waals surface area contributed by atoms with E-state index in [9.17, 15) is 13.2 Å². The van der Waals surface area contributed by atoms with E-state index in [0.29, 0.717) is 13.0 Å². The Morgan fingerprint density at radius 2 is 2.27 bits per heavy atom. The summed E-state index contributed by atoms with van der Waals surface area (Å²) in [5, 5.41) is 2.77. The van der Waals surface area contributed by atoms with Gasteiger partial charge < -0.3 is 10.3 Å². The molecule has 6 nitrogen and oxygen atoms in total. The Labute approximate surface area is 87.7 Å². The summed E-state index contributed by atoms with van der Waals surface area (Å²) in [6.45, 7) is 0.410. The summed E-state index contributed by atoms with van der Waals surface area (Å²) in [6.07, 6.45) is 4.53. The van der Waals surface area contributed by atoms with Gasteiger partial charge in [0.1, 0.15) is 9.84 Å². The lowest BCUT2D eigenvalue weighted by atomic mass is 10.5. The molecule has 0 radical (unpaired) electrons. The molecule has 84 valence electrons. The van der Waals surface area contributed by atoms with Crippen LogP contribution in [0.1, 0.15) is 6.42 Å². The van der Waals surface area contributed by atoms with Crippen LogP contribution in [0.5, 0.6) is 0 Å². The van der Waals surface area contributed by atoms with Crippen molar-refractivity contribution in [3.05, 3.63) is 22.7 Å². The maximum atomic E-state index is 11.1. The molecule has 7 heteroatoms. The van der Waals surface area contributed by atoms with E-state index in [1.54, 1.807) is 0 Å². The van der Waals surface area contributed by atoms with Crippen LogP contribution in [0.15, 0.2) is 17.2 Å². The number of sulfone groups is 1. The van der Waals surface area contributed by atoms with E-state index in [1.165, 1.54) is 18.6 Å². The average molecular weight is 231 g/mol. The van der Waals surface area contributed by atoms with E-state index in [4.69, 9.17) is 0 Å². The second-order valence-corrected chi connectivity index (χ2v) is 5.44. The summed E-state index contributed by atoms with van der Waals surface area (Å²) in [6, 6.07) is 0. The van der Waals surface area contributed by atoms with Gasteiger partial charge in [-0.2, -0.15) is 0 Å². The molecular weight excluding hydrogens is 218 g/mol. The molecule has 2 N–H and O–H groups in total. The van der Waals surface area contributed by atoms with E-state index >= 15 is 0 Å². The fourth-order valence-electron chi connectivity index (χ4n) is 1.02. The maximum absolute atomic E-state index is 11.1. The fraction of sp³-hybridized carbons (Fsp3) is 0.500. The van der Waals surface area contributed by atoms with Crippen molar-refractivity contribution >= 4 is 15.7 Å². The van der Waals surface area contributed by atoms with Gasteiger partial charge >= 0.3 is 0 Å². The van der Waals surface area contributed by atoms with Gasteiger partial charge in [-0.1, -0.05) is 0 Å². The lowest BCUT2D eigenvalue weighted by molar-refractivity contribution is 0.600. The van der Waals surface area contributed by atoms with Crippen molar-refractivity contribution in [1.29, 1.82) is 0 Å². The van der Waals surface area contributed by atoms with Crippen LogP contribution in [0.4, 0.5) is 5.82 Å². The van der Waals surface area contributed by atoms with Crippen LogP contribution in [0, 0.1) is 0 Å². The van der Waals surface area contributed by atoms with Crippen LogP contribution in [0.2, 0.25) is 0 Å². The molecule has 0 bridgehead atoms. The first-order valence-corrected chi connectivity index (χ1v) is 6.50. The van der Waals surface area contributed by atoms with E-state index in [1.807, 2.05) is 0 Å². The summed E-state index contributed by atoms with van der Waals surface area (Å²) >= 11 is 0. The van der Waals surface area contributed by atoms with E-state index in [-0.39, 0.29) is 17.1 Å². The Morgan fingerprint density at radius 3 is 2.87 bits per heavy atom. The van der Waals surface area contributed by atoms with Crippen molar-refractivity contribution in [2.75, 3.05) is 23.9 Å². The number of aromatic amines is 1. The fourth-order valence-corrected chi connectivity index (χ4v) is 1.69. The standard InChI is InChI=1S/C8H13N3O3S/c1-15(13,14)6-2-3-9-7-8(12)11-5-4-10-7/h4-5H,2-3,6H2,1H3,(H,9,10)(H,11,12). The number of rotatable bonds is 5. The molecule has 0 saturated heterocycles. The topological polar surface area (TPSA) is 91.9 Å². The van der Waals surface area contributed by atoms with Crippen molar-refractivity contribution in [3.63, 3.8) is 0 Å². The van der Waals surface area contributed by atoms with Crippen LogP contribution in [-0.2, 0) is 9.84 Å². The van der Waals surface area contributed by atoms with Crippen molar-refractivity contribution < 1.29 is 8.42 Å². The summed E-state index contributed by atoms with van der Waals surface area (Å²) in [7, 11) is -2.94. The van der Waals surface area contributed by atoms with Gasteiger partial charge in [0.15, 0.2) is 5.82 Å². The predicted molar refractivity (Wildman–Crippen MR) is 57.7 cm³/mol. The first-order chi connectivity index (χ1) is 6.99. The first kappa shape index (κ1) is 11.7. The summed E-state index contributed by atoms with van der Waals surface area (Å²) < 4.78 is 21.6. The Morgan fingerprint density at radius 1 is 1.53 bits per heavy atom. The Kier molecular flexibility index (Phi) is 3.84. The van der Waals surface area contributed by atoms with Crippen molar-refractivity contribution in [2.45, 2.75) is 6.42 Å². The monoisotopic (exact) mass is 231 g/mol. The molecule has 0 unspecified atom stereocenters. The number of hydrogen-bond donors (Lipinski definition) is 2. The number of H-pyrrole nitrogens is 1. The number of anilines is 1. The molecule has 1 aromatic heterocycles. The van der Waals surface area contributed by atoms with Gasteiger partial charge in [-0.25, -0.2) is 13.4 Å². The molecule has 0 fully saturated rings. The highest BCUT2D eigenvalue weighted by molar-refractivity contribution is 7.90. The summed E-state index contributed by atoms with van der Waals surface area (Å²) in [5.41, 5.74) is -0.308. The van der Waals surface area contributed by atoms with E-state index in [2.05, 4.69) is 15.3 Å². The first-order valence-electron chi connectivity index (χ1n) is 4.44. The van der Waals surface area contributed by atoms with Crippen LogP contribution in [-0.4, -0.2) is 36.9 Å². The number of aromatic nitrogens is 2. The molecule has 0 aromatic carbocycles. The highest BCUT2D eigenvalue weighted by atomic mass is 32.2. The zero-order chi connectivity index (χ0) is 11.3. The average Bonchev–Trinajstić information content (AvgIpc) is 2.13. The zero-order valence-electron chi connectivity index (χ0n) is 8.36. The third-order valence-electron chi connectivity index (χ3n) is 1.69. The van der Waals surface area contributed by atoms with Crippen LogP contribution < -0.4 is 10.9 Å². The molecule has 0 saturated carbocycles. The molecule has 0 amide bonds. The molecule has 0 aliphatic carbocycles. The predicted octanol–water partition coefficient (Wildman–Crippen LogP) is -0.384. The van der Waals surface area contributed by atoms with Gasteiger partial charge in [0.2, 0.25) is 0 Å². The molecule has 1 rings (SSSR count). The second-order valence-electron chi connectivity index (χ2n) is 3.18. The normalized spacial score (nSPS) is 11.3. The van der Waals surface area contributed by atoms with Gasteiger partial charge in [-0.3, -0.25) is 4.79 Å². The maximum Gasteiger partial charge on any atom is 0.290 e. The van der Waals surface area contributed by atoms with Crippen LogP contribution in [0.3, 0.4) is 0 Å². The molecule has 0 spiro atoms. The van der Waals surface area contributed by atoms with Gasteiger partial charge in [0.25, 0.3) is 5.56 Å². The summed E-state index contributed by atoms with van der Waals surface area (Å²) in [5.74, 6) is 0.316. The molecule has 0 atom stereocenters. The Hall–Kier alpha value is -1.37. The number of hydrogen-bond acceptors (Lipinski definition) is 5. The summed E-state index contributed by atoms with van der Waals surface area (Å²) in [4.78, 5) is 17.4. The van der Waals surface area contributed by atoms with Gasteiger partial charge in [0.05, 0.1) is 5.75 Å². The van der Waals surface area contributed by atoms with E-state index < -0.39 is 9.84 Å². The molecule has 0 aliphatic rings. The third kappa shape index (κ3) is 4.59. The lowest BCUT2D eigenvalue weighted by Crippen LogP contribution is -2.17.